The van der Waals surface area contributed by atoms with Gasteiger partial charge in [0.25, 0.3) is 0 Å². The van der Waals surface area contributed by atoms with Gasteiger partial charge < -0.3 is 10.2 Å². The summed E-state index contributed by atoms with van der Waals surface area (Å²) < 4.78 is 58.6. The second-order valence-corrected chi connectivity index (χ2v) is 5.96. The standard InChI is InChI=1S/C8H6ClF3O4S/c9-17(15,16)3-4-1-5(13)2-6(7(4)14)8(10,11)12/h1-2,13-14H,3H2. The molecule has 9 heteroatoms. The minimum Gasteiger partial charge on any atom is -0.508 e. The molecule has 1 aromatic rings. The van der Waals surface area contributed by atoms with Crippen LogP contribution in [0, 0.1) is 0 Å². The average molecular weight is 291 g/mol. The summed E-state index contributed by atoms with van der Waals surface area (Å²) in [5, 5.41) is 18.3. The van der Waals surface area contributed by atoms with Crippen molar-refractivity contribution in [1.29, 1.82) is 0 Å². The summed E-state index contributed by atoms with van der Waals surface area (Å²) in [6.07, 6.45) is -4.91. The van der Waals surface area contributed by atoms with Crippen molar-refractivity contribution >= 4 is 19.7 Å². The molecule has 0 radical (unpaired) electrons. The first-order chi connectivity index (χ1) is 7.50. The molecule has 0 saturated carbocycles. The molecule has 0 aliphatic heterocycles. The molecule has 0 unspecified atom stereocenters. The van der Waals surface area contributed by atoms with Crippen LogP contribution < -0.4 is 0 Å². The van der Waals surface area contributed by atoms with Gasteiger partial charge in [-0.15, -0.1) is 0 Å². The number of aromatic hydroxyl groups is 2. The van der Waals surface area contributed by atoms with Crippen LogP contribution in [0.2, 0.25) is 0 Å². The Kier molecular flexibility index (Phi) is 3.49. The average Bonchev–Trinajstić information content (AvgIpc) is 2.06. The fourth-order valence-corrected chi connectivity index (χ4v) is 2.13. The lowest BCUT2D eigenvalue weighted by Crippen LogP contribution is -2.07. The quantitative estimate of drug-likeness (QED) is 0.647. The van der Waals surface area contributed by atoms with Crippen LogP contribution in [-0.4, -0.2) is 18.6 Å². The number of benzene rings is 1. The predicted molar refractivity (Wildman–Crippen MR) is 53.3 cm³/mol. The van der Waals surface area contributed by atoms with E-state index in [1.807, 2.05) is 0 Å². The SMILES string of the molecule is O=S(=O)(Cl)Cc1cc(O)cc(C(F)(F)F)c1O. The largest absolute Gasteiger partial charge is 0.508 e. The third-order valence-corrected chi connectivity index (χ3v) is 2.79. The molecule has 0 heterocycles. The molecule has 0 bridgehead atoms. The summed E-state index contributed by atoms with van der Waals surface area (Å²) in [5.74, 6) is -3.09. The van der Waals surface area contributed by atoms with Crippen LogP contribution in [0.5, 0.6) is 11.5 Å². The summed E-state index contributed by atoms with van der Waals surface area (Å²) >= 11 is 0. The zero-order valence-electron chi connectivity index (χ0n) is 7.99. The van der Waals surface area contributed by atoms with Gasteiger partial charge in [0.05, 0.1) is 5.75 Å². The van der Waals surface area contributed by atoms with Gasteiger partial charge in [0.2, 0.25) is 9.05 Å². The van der Waals surface area contributed by atoms with Crippen LogP contribution in [0.4, 0.5) is 13.2 Å². The molecule has 17 heavy (non-hydrogen) atoms. The first-order valence-electron chi connectivity index (χ1n) is 4.05. The highest BCUT2D eigenvalue weighted by molar-refractivity contribution is 8.13. The van der Waals surface area contributed by atoms with Gasteiger partial charge in [-0.3, -0.25) is 0 Å². The number of phenols is 2. The first-order valence-corrected chi connectivity index (χ1v) is 6.53. The number of rotatable bonds is 2. The summed E-state index contributed by atoms with van der Waals surface area (Å²) in [7, 11) is 0.712. The van der Waals surface area contributed by atoms with Crippen molar-refractivity contribution in [1.82, 2.24) is 0 Å². The topological polar surface area (TPSA) is 74.6 Å². The maximum Gasteiger partial charge on any atom is 0.420 e. The molecular formula is C8H6ClF3O4S. The predicted octanol–water partition coefficient (Wildman–Crippen LogP) is 2.19. The van der Waals surface area contributed by atoms with Gasteiger partial charge in [0.15, 0.2) is 0 Å². The highest BCUT2D eigenvalue weighted by Gasteiger charge is 2.35. The van der Waals surface area contributed by atoms with Gasteiger partial charge in [-0.2, -0.15) is 13.2 Å². The summed E-state index contributed by atoms with van der Waals surface area (Å²) in [6, 6.07) is 0.990. The number of alkyl halides is 3. The summed E-state index contributed by atoms with van der Waals surface area (Å²) in [6.45, 7) is 0. The summed E-state index contributed by atoms with van der Waals surface area (Å²) in [4.78, 5) is 0. The minimum absolute atomic E-state index is 0.291. The Morgan fingerprint density at radius 3 is 2.18 bits per heavy atom. The molecule has 0 saturated heterocycles. The van der Waals surface area contributed by atoms with Gasteiger partial charge >= 0.3 is 6.18 Å². The highest BCUT2D eigenvalue weighted by Crippen LogP contribution is 2.40. The van der Waals surface area contributed by atoms with E-state index in [4.69, 9.17) is 15.8 Å². The van der Waals surface area contributed by atoms with Crippen molar-refractivity contribution in [3.05, 3.63) is 23.3 Å². The molecule has 0 aromatic heterocycles. The lowest BCUT2D eigenvalue weighted by atomic mass is 10.1. The Morgan fingerprint density at radius 1 is 1.24 bits per heavy atom. The first kappa shape index (κ1) is 13.9. The van der Waals surface area contributed by atoms with E-state index in [-0.39, 0.29) is 0 Å². The Morgan fingerprint density at radius 2 is 1.76 bits per heavy atom. The van der Waals surface area contributed by atoms with Gasteiger partial charge in [-0.05, 0) is 12.1 Å². The Hall–Kier alpha value is -1.15. The lowest BCUT2D eigenvalue weighted by Gasteiger charge is -2.12. The molecule has 0 amide bonds. The van der Waals surface area contributed by atoms with E-state index in [0.717, 1.165) is 0 Å². The fraction of sp³-hybridized carbons (Fsp3) is 0.250. The monoisotopic (exact) mass is 290 g/mol. The zero-order valence-corrected chi connectivity index (χ0v) is 9.57. The molecule has 0 aliphatic rings. The zero-order chi connectivity index (χ0) is 13.4. The molecule has 0 atom stereocenters. The third kappa shape index (κ3) is 3.67. The van der Waals surface area contributed by atoms with Crippen LogP contribution in [0.15, 0.2) is 12.1 Å². The molecule has 0 spiro atoms. The van der Waals surface area contributed by atoms with E-state index in [9.17, 15) is 26.7 Å². The van der Waals surface area contributed by atoms with Crippen molar-refractivity contribution in [2.24, 2.45) is 0 Å². The van der Waals surface area contributed by atoms with E-state index >= 15 is 0 Å². The number of hydrogen-bond donors (Lipinski definition) is 2. The molecule has 4 nitrogen and oxygen atoms in total. The van der Waals surface area contributed by atoms with Crippen molar-refractivity contribution in [2.75, 3.05) is 0 Å². The normalized spacial score (nSPS) is 12.7. The van der Waals surface area contributed by atoms with Crippen LogP contribution in [0.3, 0.4) is 0 Å². The van der Waals surface area contributed by atoms with Gasteiger partial charge in [-0.1, -0.05) is 0 Å². The second-order valence-electron chi connectivity index (χ2n) is 3.18. The van der Waals surface area contributed by atoms with Gasteiger partial charge in [0.1, 0.15) is 17.1 Å². The number of halogens is 4. The Balaban J connectivity index is 3.39. The van der Waals surface area contributed by atoms with Crippen molar-refractivity contribution in [3.63, 3.8) is 0 Å². The van der Waals surface area contributed by atoms with E-state index in [1.54, 1.807) is 0 Å². The van der Waals surface area contributed by atoms with E-state index in [2.05, 4.69) is 0 Å². The van der Waals surface area contributed by atoms with Crippen LogP contribution in [0.1, 0.15) is 11.1 Å². The molecule has 2 N–H and O–H groups in total. The Bertz CT molecular complexity index is 538. The van der Waals surface area contributed by atoms with Crippen molar-refractivity contribution < 1.29 is 31.8 Å². The van der Waals surface area contributed by atoms with Crippen LogP contribution >= 0.6 is 10.7 Å². The molecule has 1 aromatic carbocycles. The second kappa shape index (κ2) is 4.26. The van der Waals surface area contributed by atoms with Crippen LogP contribution in [0.25, 0.3) is 0 Å². The van der Waals surface area contributed by atoms with E-state index < -0.39 is 43.6 Å². The van der Waals surface area contributed by atoms with E-state index in [1.165, 1.54) is 0 Å². The van der Waals surface area contributed by atoms with Gasteiger partial charge in [-0.25, -0.2) is 8.42 Å². The number of phenolic OH excluding ortho intramolecular Hbond substituents is 2. The molecule has 96 valence electrons. The molecule has 0 fully saturated rings. The fourth-order valence-electron chi connectivity index (χ4n) is 1.19. The minimum atomic E-state index is -4.91. The van der Waals surface area contributed by atoms with E-state index in [0.29, 0.717) is 12.1 Å². The number of hydrogen-bond acceptors (Lipinski definition) is 4. The van der Waals surface area contributed by atoms with Crippen molar-refractivity contribution in [3.8, 4) is 11.5 Å². The Labute approximate surface area is 98.7 Å². The van der Waals surface area contributed by atoms with Crippen molar-refractivity contribution in [2.45, 2.75) is 11.9 Å². The summed E-state index contributed by atoms with van der Waals surface area (Å²) in [5.41, 5.74) is -2.14. The smallest absolute Gasteiger partial charge is 0.420 e. The molecular weight excluding hydrogens is 285 g/mol. The third-order valence-electron chi connectivity index (χ3n) is 1.81. The maximum absolute atomic E-state index is 12.4. The molecule has 1 rings (SSSR count). The molecule has 0 aliphatic carbocycles. The highest BCUT2D eigenvalue weighted by atomic mass is 35.7. The van der Waals surface area contributed by atoms with Gasteiger partial charge in [0, 0.05) is 16.2 Å². The van der Waals surface area contributed by atoms with Crippen LogP contribution in [-0.2, 0) is 21.0 Å². The lowest BCUT2D eigenvalue weighted by molar-refractivity contribution is -0.138. The maximum atomic E-state index is 12.4.